The fourth-order valence-corrected chi connectivity index (χ4v) is 2.07. The van der Waals surface area contributed by atoms with Gasteiger partial charge in [-0.1, -0.05) is 15.9 Å². The van der Waals surface area contributed by atoms with E-state index in [1.54, 1.807) is 29.7 Å². The minimum absolute atomic E-state index is 0.116. The lowest BCUT2D eigenvalue weighted by atomic mass is 10.2. The molecule has 0 radical (unpaired) electrons. The number of pyridine rings is 1. The average Bonchev–Trinajstić information content (AvgIpc) is 2.29. The van der Waals surface area contributed by atoms with Crippen molar-refractivity contribution in [3.05, 3.63) is 45.2 Å². The summed E-state index contributed by atoms with van der Waals surface area (Å²) in [6.07, 6.45) is 1.51. The molecule has 0 aliphatic heterocycles. The quantitative estimate of drug-likeness (QED) is 0.925. The number of benzene rings is 1. The Morgan fingerprint density at radius 3 is 2.76 bits per heavy atom. The van der Waals surface area contributed by atoms with Gasteiger partial charge in [-0.3, -0.25) is 4.79 Å². The normalized spacial score (nSPS) is 12.6. The van der Waals surface area contributed by atoms with Crippen LogP contribution in [0.5, 0.6) is 0 Å². The van der Waals surface area contributed by atoms with Crippen molar-refractivity contribution < 1.29 is 9.90 Å². The third-order valence-corrected chi connectivity index (χ3v) is 3.16. The highest BCUT2D eigenvalue weighted by molar-refractivity contribution is 9.10. The second kappa shape index (κ2) is 4.33. The molecular weight excluding hydrogens is 286 g/mol. The molecule has 1 aromatic heterocycles. The highest BCUT2D eigenvalue weighted by Gasteiger charge is 2.14. The molecule has 0 fully saturated rings. The SMILES string of the molecule is CC(C(=O)O)n1ccc(=O)c2cc(Br)ccc21. The minimum Gasteiger partial charge on any atom is -0.480 e. The Morgan fingerprint density at radius 2 is 2.12 bits per heavy atom. The minimum atomic E-state index is -0.933. The summed E-state index contributed by atoms with van der Waals surface area (Å²) in [5.41, 5.74) is 0.505. The molecule has 0 saturated heterocycles. The largest absolute Gasteiger partial charge is 0.480 e. The van der Waals surface area contributed by atoms with Gasteiger partial charge in [0.1, 0.15) is 6.04 Å². The number of carboxylic acids is 1. The maximum absolute atomic E-state index is 11.7. The number of halogens is 1. The van der Waals surface area contributed by atoms with Crippen molar-refractivity contribution >= 4 is 32.8 Å². The molecule has 0 aliphatic carbocycles. The second-order valence-electron chi connectivity index (χ2n) is 3.76. The van der Waals surface area contributed by atoms with E-state index in [0.717, 1.165) is 4.47 Å². The molecule has 1 unspecified atom stereocenters. The number of aromatic nitrogens is 1. The Hall–Kier alpha value is -1.62. The molecular formula is C12H10BrNO3. The maximum Gasteiger partial charge on any atom is 0.326 e. The molecule has 5 heteroatoms. The standard InChI is InChI=1S/C12H10BrNO3/c1-7(12(16)17)14-5-4-11(15)9-6-8(13)2-3-10(9)14/h2-7H,1H3,(H,16,17). The van der Waals surface area contributed by atoms with Crippen LogP contribution in [0.3, 0.4) is 0 Å². The van der Waals surface area contributed by atoms with Crippen LogP contribution in [0, 0.1) is 0 Å². The number of carboxylic acid groups (broad SMARTS) is 1. The molecule has 1 heterocycles. The lowest BCUT2D eigenvalue weighted by molar-refractivity contribution is -0.140. The predicted octanol–water partition coefficient (Wildman–Crippen LogP) is 2.41. The zero-order valence-electron chi connectivity index (χ0n) is 9.05. The number of carbonyl (C=O) groups is 1. The van der Waals surface area contributed by atoms with E-state index >= 15 is 0 Å². The van der Waals surface area contributed by atoms with Crippen LogP contribution < -0.4 is 5.43 Å². The fraction of sp³-hybridized carbons (Fsp3) is 0.167. The van der Waals surface area contributed by atoms with Gasteiger partial charge in [0.25, 0.3) is 0 Å². The van der Waals surface area contributed by atoms with E-state index in [1.165, 1.54) is 12.3 Å². The summed E-state index contributed by atoms with van der Waals surface area (Å²) in [5, 5.41) is 9.52. The molecule has 2 aromatic rings. The zero-order valence-corrected chi connectivity index (χ0v) is 10.6. The van der Waals surface area contributed by atoms with E-state index in [9.17, 15) is 9.59 Å². The van der Waals surface area contributed by atoms with Crippen molar-refractivity contribution in [2.75, 3.05) is 0 Å². The van der Waals surface area contributed by atoms with Gasteiger partial charge in [-0.25, -0.2) is 4.79 Å². The number of aliphatic carboxylic acids is 1. The molecule has 0 aliphatic rings. The number of hydrogen-bond acceptors (Lipinski definition) is 2. The average molecular weight is 296 g/mol. The molecule has 88 valence electrons. The number of fused-ring (bicyclic) bond motifs is 1. The second-order valence-corrected chi connectivity index (χ2v) is 4.68. The first-order chi connectivity index (χ1) is 8.00. The van der Waals surface area contributed by atoms with Crippen molar-refractivity contribution in [2.24, 2.45) is 0 Å². The fourth-order valence-electron chi connectivity index (χ4n) is 1.71. The number of rotatable bonds is 2. The molecule has 1 aromatic carbocycles. The van der Waals surface area contributed by atoms with Gasteiger partial charge in [-0.05, 0) is 25.1 Å². The zero-order chi connectivity index (χ0) is 12.6. The Labute approximate surface area is 106 Å². The summed E-state index contributed by atoms with van der Waals surface area (Å²) in [6.45, 7) is 1.58. The van der Waals surface area contributed by atoms with Gasteiger partial charge < -0.3 is 9.67 Å². The van der Waals surface area contributed by atoms with E-state index in [2.05, 4.69) is 15.9 Å². The number of hydrogen-bond donors (Lipinski definition) is 1. The van der Waals surface area contributed by atoms with E-state index in [4.69, 9.17) is 5.11 Å². The summed E-state index contributed by atoms with van der Waals surface area (Å²) in [6, 6.07) is 5.89. The monoisotopic (exact) mass is 295 g/mol. The van der Waals surface area contributed by atoms with Gasteiger partial charge in [0, 0.05) is 22.1 Å². The van der Waals surface area contributed by atoms with E-state index in [-0.39, 0.29) is 5.43 Å². The molecule has 2 rings (SSSR count). The lowest BCUT2D eigenvalue weighted by Gasteiger charge is -2.14. The topological polar surface area (TPSA) is 59.3 Å². The van der Waals surface area contributed by atoms with Crippen LogP contribution in [0.1, 0.15) is 13.0 Å². The maximum atomic E-state index is 11.7. The molecule has 0 saturated carbocycles. The molecule has 0 bridgehead atoms. The third-order valence-electron chi connectivity index (χ3n) is 2.66. The van der Waals surface area contributed by atoms with Crippen molar-refractivity contribution in [3.63, 3.8) is 0 Å². The molecule has 0 amide bonds. The first-order valence-electron chi connectivity index (χ1n) is 5.04. The Balaban J connectivity index is 2.79. The molecule has 1 atom stereocenters. The Bertz CT molecular complexity index is 648. The van der Waals surface area contributed by atoms with Crippen LogP contribution in [0.25, 0.3) is 10.9 Å². The van der Waals surface area contributed by atoms with Crippen LogP contribution >= 0.6 is 15.9 Å². The van der Waals surface area contributed by atoms with Gasteiger partial charge in [0.05, 0.1) is 5.52 Å². The van der Waals surface area contributed by atoms with Crippen LogP contribution in [-0.2, 0) is 4.79 Å². The van der Waals surface area contributed by atoms with Crippen molar-refractivity contribution in [2.45, 2.75) is 13.0 Å². The summed E-state index contributed by atoms with van der Waals surface area (Å²) in [7, 11) is 0. The third kappa shape index (κ3) is 2.10. The van der Waals surface area contributed by atoms with Gasteiger partial charge in [-0.15, -0.1) is 0 Å². The Morgan fingerprint density at radius 1 is 1.41 bits per heavy atom. The summed E-state index contributed by atoms with van der Waals surface area (Å²) in [5.74, 6) is -0.933. The van der Waals surface area contributed by atoms with Crippen molar-refractivity contribution in [1.82, 2.24) is 4.57 Å². The van der Waals surface area contributed by atoms with E-state index in [0.29, 0.717) is 10.9 Å². The first-order valence-corrected chi connectivity index (χ1v) is 5.83. The molecule has 4 nitrogen and oxygen atoms in total. The van der Waals surface area contributed by atoms with Crippen LogP contribution in [-0.4, -0.2) is 15.6 Å². The first kappa shape index (κ1) is 11.9. The van der Waals surface area contributed by atoms with Gasteiger partial charge in [-0.2, -0.15) is 0 Å². The van der Waals surface area contributed by atoms with E-state index in [1.807, 2.05) is 0 Å². The summed E-state index contributed by atoms with van der Waals surface area (Å²) < 4.78 is 2.37. The van der Waals surface area contributed by atoms with Crippen LogP contribution in [0.2, 0.25) is 0 Å². The van der Waals surface area contributed by atoms with Gasteiger partial charge >= 0.3 is 5.97 Å². The lowest BCUT2D eigenvalue weighted by Crippen LogP contribution is -2.18. The number of nitrogens with zero attached hydrogens (tertiary/aromatic N) is 1. The van der Waals surface area contributed by atoms with Crippen molar-refractivity contribution in [3.8, 4) is 0 Å². The Kier molecular flexibility index (Phi) is 3.02. The van der Waals surface area contributed by atoms with Gasteiger partial charge in [0.2, 0.25) is 0 Å². The van der Waals surface area contributed by atoms with Crippen LogP contribution in [0.15, 0.2) is 39.7 Å². The molecule has 0 spiro atoms. The van der Waals surface area contributed by atoms with Gasteiger partial charge in [0.15, 0.2) is 5.43 Å². The van der Waals surface area contributed by atoms with Crippen molar-refractivity contribution in [1.29, 1.82) is 0 Å². The molecule has 1 N–H and O–H groups in total. The van der Waals surface area contributed by atoms with E-state index < -0.39 is 12.0 Å². The smallest absolute Gasteiger partial charge is 0.326 e. The highest BCUT2D eigenvalue weighted by atomic mass is 79.9. The summed E-state index contributed by atoms with van der Waals surface area (Å²) in [4.78, 5) is 22.7. The summed E-state index contributed by atoms with van der Waals surface area (Å²) >= 11 is 3.29. The molecule has 17 heavy (non-hydrogen) atoms. The predicted molar refractivity (Wildman–Crippen MR) is 68.3 cm³/mol. The van der Waals surface area contributed by atoms with Crippen LogP contribution in [0.4, 0.5) is 0 Å². The highest BCUT2D eigenvalue weighted by Crippen LogP contribution is 2.19.